The molecule has 0 aromatic heterocycles. The Morgan fingerprint density at radius 3 is 2.21 bits per heavy atom. The third-order valence-corrected chi connectivity index (χ3v) is 4.95. The van der Waals surface area contributed by atoms with Crippen molar-refractivity contribution in [3.05, 3.63) is 0 Å². The molecule has 0 saturated carbocycles. The first-order valence-electron chi connectivity index (χ1n) is 9.10. The number of carbonyl (C=O) groups excluding carboxylic acids is 3. The molecule has 0 N–H and O–H groups in total. The molecule has 0 aromatic rings. The Bertz CT molecular complexity index is 457. The maximum Gasteiger partial charge on any atom is 0.242 e. The molecule has 7 nitrogen and oxygen atoms in total. The van der Waals surface area contributed by atoms with Crippen molar-refractivity contribution in [1.29, 1.82) is 0 Å². The van der Waals surface area contributed by atoms with E-state index < -0.39 is 0 Å². The molecule has 136 valence electrons. The fraction of sp³-hybridized carbons (Fsp3) is 0.824. The van der Waals surface area contributed by atoms with Gasteiger partial charge in [-0.15, -0.1) is 0 Å². The van der Waals surface area contributed by atoms with Gasteiger partial charge in [0.25, 0.3) is 0 Å². The summed E-state index contributed by atoms with van der Waals surface area (Å²) < 4.78 is 0. The lowest BCUT2D eigenvalue weighted by molar-refractivity contribution is -0.143. The molecule has 2 rings (SSSR count). The summed E-state index contributed by atoms with van der Waals surface area (Å²) in [4.78, 5) is 43.8. The summed E-state index contributed by atoms with van der Waals surface area (Å²) in [5.41, 5.74) is 0. The van der Waals surface area contributed by atoms with Gasteiger partial charge in [-0.1, -0.05) is 0 Å². The van der Waals surface area contributed by atoms with Crippen LogP contribution in [0.3, 0.4) is 0 Å². The Labute approximate surface area is 144 Å². The van der Waals surface area contributed by atoms with Gasteiger partial charge < -0.3 is 14.7 Å². The second-order valence-corrected chi connectivity index (χ2v) is 6.50. The molecular weight excluding hydrogens is 308 g/mol. The number of likely N-dealkylation sites (N-methyl/N-ethyl adjacent to an activating group) is 1. The number of nitrogens with zero attached hydrogens (tertiary/aromatic N) is 4. The first-order valence-corrected chi connectivity index (χ1v) is 9.10. The predicted molar refractivity (Wildman–Crippen MR) is 91.4 cm³/mol. The molecule has 0 atom stereocenters. The number of piperidine rings is 1. The largest absolute Gasteiger partial charge is 0.342 e. The van der Waals surface area contributed by atoms with Crippen LogP contribution in [0.2, 0.25) is 0 Å². The van der Waals surface area contributed by atoms with Crippen LogP contribution in [0.25, 0.3) is 0 Å². The molecule has 0 radical (unpaired) electrons. The Morgan fingerprint density at radius 2 is 1.62 bits per heavy atom. The van der Waals surface area contributed by atoms with Crippen LogP contribution in [-0.2, 0) is 14.4 Å². The van der Waals surface area contributed by atoms with Gasteiger partial charge in [0.2, 0.25) is 17.7 Å². The van der Waals surface area contributed by atoms with Crippen molar-refractivity contribution >= 4 is 17.7 Å². The fourth-order valence-electron chi connectivity index (χ4n) is 3.32. The van der Waals surface area contributed by atoms with Crippen LogP contribution in [-0.4, -0.2) is 96.2 Å². The number of likely N-dealkylation sites (tertiary alicyclic amines) is 1. The molecule has 0 aromatic carbocycles. The molecule has 2 aliphatic rings. The van der Waals surface area contributed by atoms with E-state index in [1.165, 1.54) is 0 Å². The van der Waals surface area contributed by atoms with Gasteiger partial charge in [-0.05, 0) is 26.7 Å². The summed E-state index contributed by atoms with van der Waals surface area (Å²) in [5.74, 6) is 0.275. The minimum Gasteiger partial charge on any atom is -0.342 e. The summed E-state index contributed by atoms with van der Waals surface area (Å²) >= 11 is 0. The number of hydrogen-bond donors (Lipinski definition) is 0. The van der Waals surface area contributed by atoms with Gasteiger partial charge >= 0.3 is 0 Å². The lowest BCUT2D eigenvalue weighted by Gasteiger charge is -2.36. The van der Waals surface area contributed by atoms with Gasteiger partial charge in [0.1, 0.15) is 0 Å². The highest BCUT2D eigenvalue weighted by Crippen LogP contribution is 2.11. The molecule has 0 bridgehead atoms. The summed E-state index contributed by atoms with van der Waals surface area (Å²) in [6.45, 7) is 9.46. The zero-order valence-corrected chi connectivity index (χ0v) is 15.0. The second-order valence-electron chi connectivity index (χ2n) is 6.50. The predicted octanol–water partition coefficient (Wildman–Crippen LogP) is 0.0115. The number of carbonyl (C=O) groups is 3. The molecule has 2 saturated heterocycles. The van der Waals surface area contributed by atoms with Gasteiger partial charge in [-0.2, -0.15) is 0 Å². The molecule has 2 fully saturated rings. The molecular formula is C17H30N4O3. The lowest BCUT2D eigenvalue weighted by Crippen LogP contribution is -2.54. The van der Waals surface area contributed by atoms with Gasteiger partial charge in [0, 0.05) is 52.2 Å². The van der Waals surface area contributed by atoms with E-state index in [1.54, 1.807) is 4.90 Å². The Balaban J connectivity index is 1.74. The average molecular weight is 338 g/mol. The number of amides is 3. The van der Waals surface area contributed by atoms with Crippen LogP contribution < -0.4 is 0 Å². The Kier molecular flexibility index (Phi) is 7.02. The van der Waals surface area contributed by atoms with Gasteiger partial charge in [-0.25, -0.2) is 0 Å². The topological polar surface area (TPSA) is 64.2 Å². The van der Waals surface area contributed by atoms with Crippen LogP contribution in [0, 0.1) is 0 Å². The van der Waals surface area contributed by atoms with Crippen molar-refractivity contribution in [2.24, 2.45) is 0 Å². The summed E-state index contributed by atoms with van der Waals surface area (Å²) in [6, 6.07) is 0. The highest BCUT2D eigenvalue weighted by molar-refractivity contribution is 5.85. The number of hydrogen-bond acceptors (Lipinski definition) is 4. The van der Waals surface area contributed by atoms with Crippen molar-refractivity contribution in [2.75, 3.05) is 58.9 Å². The quantitative estimate of drug-likeness (QED) is 0.684. The smallest absolute Gasteiger partial charge is 0.242 e. The van der Waals surface area contributed by atoms with Crippen molar-refractivity contribution < 1.29 is 14.4 Å². The zero-order chi connectivity index (χ0) is 17.5. The summed E-state index contributed by atoms with van der Waals surface area (Å²) in [5, 5.41) is 0. The molecule has 24 heavy (non-hydrogen) atoms. The zero-order valence-electron chi connectivity index (χ0n) is 15.0. The van der Waals surface area contributed by atoms with Crippen molar-refractivity contribution in [3.63, 3.8) is 0 Å². The minimum atomic E-state index is 0.0277. The lowest BCUT2D eigenvalue weighted by atomic mass is 10.1. The molecule has 0 spiro atoms. The first kappa shape index (κ1) is 18.7. The molecule has 7 heteroatoms. The first-order chi connectivity index (χ1) is 11.5. The van der Waals surface area contributed by atoms with Crippen LogP contribution in [0.15, 0.2) is 0 Å². The van der Waals surface area contributed by atoms with E-state index in [0.717, 1.165) is 25.9 Å². The van der Waals surface area contributed by atoms with Crippen LogP contribution in [0.1, 0.15) is 33.1 Å². The fourth-order valence-corrected chi connectivity index (χ4v) is 3.32. The van der Waals surface area contributed by atoms with E-state index in [0.29, 0.717) is 45.7 Å². The molecule has 0 aliphatic carbocycles. The monoisotopic (exact) mass is 338 g/mol. The highest BCUT2D eigenvalue weighted by Gasteiger charge is 2.26. The van der Waals surface area contributed by atoms with Crippen LogP contribution in [0.4, 0.5) is 0 Å². The standard InChI is InChI=1S/C17H30N4O3/c1-3-19(4-2)16(23)13-18-9-11-20(12-10-18)17(24)14-21-8-6-5-7-15(21)22/h3-14H2,1-2H3. The van der Waals surface area contributed by atoms with Crippen LogP contribution in [0.5, 0.6) is 0 Å². The van der Waals surface area contributed by atoms with E-state index in [-0.39, 0.29) is 24.3 Å². The summed E-state index contributed by atoms with van der Waals surface area (Å²) in [6.07, 6.45) is 2.48. The van der Waals surface area contributed by atoms with E-state index in [2.05, 4.69) is 4.90 Å². The number of piperazine rings is 1. The molecule has 2 aliphatic heterocycles. The van der Waals surface area contributed by atoms with E-state index >= 15 is 0 Å². The maximum absolute atomic E-state index is 12.4. The highest BCUT2D eigenvalue weighted by atomic mass is 16.2. The second kappa shape index (κ2) is 9.01. The van der Waals surface area contributed by atoms with Gasteiger partial charge in [0.05, 0.1) is 13.1 Å². The third-order valence-electron chi connectivity index (χ3n) is 4.95. The third kappa shape index (κ3) is 4.93. The van der Waals surface area contributed by atoms with Gasteiger partial charge in [-0.3, -0.25) is 19.3 Å². The van der Waals surface area contributed by atoms with E-state index in [9.17, 15) is 14.4 Å². The minimum absolute atomic E-state index is 0.0277. The normalized spacial score (nSPS) is 19.5. The van der Waals surface area contributed by atoms with Crippen molar-refractivity contribution in [2.45, 2.75) is 33.1 Å². The van der Waals surface area contributed by atoms with Gasteiger partial charge in [0.15, 0.2) is 0 Å². The molecule has 0 unspecified atom stereocenters. The summed E-state index contributed by atoms with van der Waals surface area (Å²) in [7, 11) is 0. The van der Waals surface area contributed by atoms with Crippen molar-refractivity contribution in [1.82, 2.24) is 19.6 Å². The SMILES string of the molecule is CCN(CC)C(=O)CN1CCN(C(=O)CN2CCCCC2=O)CC1. The number of rotatable bonds is 6. The Hall–Kier alpha value is -1.63. The average Bonchev–Trinajstić information content (AvgIpc) is 2.58. The van der Waals surface area contributed by atoms with Crippen LogP contribution >= 0.6 is 0 Å². The Morgan fingerprint density at radius 1 is 0.958 bits per heavy atom. The molecule has 2 heterocycles. The van der Waals surface area contributed by atoms with E-state index in [1.807, 2.05) is 23.6 Å². The van der Waals surface area contributed by atoms with Crippen molar-refractivity contribution in [3.8, 4) is 0 Å². The molecule has 3 amide bonds. The maximum atomic E-state index is 12.4. The van der Waals surface area contributed by atoms with E-state index in [4.69, 9.17) is 0 Å².